The van der Waals surface area contributed by atoms with E-state index in [1.165, 1.54) is 6.33 Å². The summed E-state index contributed by atoms with van der Waals surface area (Å²) < 4.78 is 0.904. The molecular formula is C7H2Cl2IN3. The summed E-state index contributed by atoms with van der Waals surface area (Å²) in [5.74, 6) is 0. The topological polar surface area (TPSA) is 38.7 Å². The van der Waals surface area contributed by atoms with Gasteiger partial charge in [0.05, 0.1) is 14.5 Å². The predicted octanol–water partition coefficient (Wildman–Crippen LogP) is 2.94. The third kappa shape index (κ3) is 1.58. The van der Waals surface area contributed by atoms with Crippen molar-refractivity contribution in [1.82, 2.24) is 15.0 Å². The third-order valence-electron chi connectivity index (χ3n) is 1.52. The maximum Gasteiger partial charge on any atom is 0.143 e. The van der Waals surface area contributed by atoms with Gasteiger partial charge in [0, 0.05) is 6.20 Å². The lowest BCUT2D eigenvalue weighted by Crippen LogP contribution is -1.90. The van der Waals surface area contributed by atoms with E-state index in [0.717, 1.165) is 9.09 Å². The van der Waals surface area contributed by atoms with Crippen LogP contribution in [-0.4, -0.2) is 15.0 Å². The standard InChI is InChI=1S/C7H2Cl2IN3/c8-6-4-5(3(10)1-11-6)12-2-13-7(4)9/h1-2H. The number of rotatable bonds is 0. The molecule has 0 radical (unpaired) electrons. The monoisotopic (exact) mass is 325 g/mol. The number of fused-ring (bicyclic) bond motifs is 1. The molecule has 2 aromatic rings. The normalized spacial score (nSPS) is 10.7. The van der Waals surface area contributed by atoms with Crippen LogP contribution in [0, 0.1) is 3.57 Å². The zero-order valence-corrected chi connectivity index (χ0v) is 9.80. The number of hydrogen-bond donors (Lipinski definition) is 0. The van der Waals surface area contributed by atoms with Crippen molar-refractivity contribution in [2.45, 2.75) is 0 Å². The number of aromatic nitrogens is 3. The van der Waals surface area contributed by atoms with Crippen molar-refractivity contribution in [2.24, 2.45) is 0 Å². The molecule has 6 heteroatoms. The molecule has 0 N–H and O–H groups in total. The Morgan fingerprint density at radius 1 is 1.08 bits per heavy atom. The first kappa shape index (κ1) is 9.36. The lowest BCUT2D eigenvalue weighted by atomic mass is 10.3. The first-order chi connectivity index (χ1) is 6.20. The van der Waals surface area contributed by atoms with Crippen molar-refractivity contribution in [3.05, 3.63) is 26.4 Å². The van der Waals surface area contributed by atoms with Crippen LogP contribution in [0.3, 0.4) is 0 Å². The molecule has 2 rings (SSSR count). The minimum absolute atomic E-state index is 0.334. The molecule has 0 unspecified atom stereocenters. The Hall–Kier alpha value is -0.200. The molecule has 0 aliphatic rings. The first-order valence-corrected chi connectivity index (χ1v) is 5.14. The Kier molecular flexibility index (Phi) is 2.53. The second-order valence-electron chi connectivity index (χ2n) is 2.29. The van der Waals surface area contributed by atoms with Crippen molar-refractivity contribution in [3.63, 3.8) is 0 Å². The highest BCUT2D eigenvalue weighted by Crippen LogP contribution is 2.28. The second kappa shape index (κ2) is 3.51. The molecule has 2 heterocycles. The highest BCUT2D eigenvalue weighted by Gasteiger charge is 2.09. The van der Waals surface area contributed by atoms with E-state index in [4.69, 9.17) is 23.2 Å². The van der Waals surface area contributed by atoms with Gasteiger partial charge in [-0.2, -0.15) is 0 Å². The van der Waals surface area contributed by atoms with Gasteiger partial charge in [0.1, 0.15) is 16.6 Å². The van der Waals surface area contributed by atoms with Gasteiger partial charge in [0.2, 0.25) is 0 Å². The molecule has 0 fully saturated rings. The van der Waals surface area contributed by atoms with Gasteiger partial charge in [-0.05, 0) is 22.6 Å². The summed E-state index contributed by atoms with van der Waals surface area (Å²) in [5.41, 5.74) is 0.737. The molecule has 0 saturated carbocycles. The van der Waals surface area contributed by atoms with E-state index in [1.54, 1.807) is 6.20 Å². The van der Waals surface area contributed by atoms with Crippen LogP contribution in [0.1, 0.15) is 0 Å². The maximum absolute atomic E-state index is 5.86. The quantitative estimate of drug-likeness (QED) is 0.424. The van der Waals surface area contributed by atoms with Crippen LogP contribution >= 0.6 is 45.8 Å². The van der Waals surface area contributed by atoms with Gasteiger partial charge in [-0.15, -0.1) is 0 Å². The molecule has 66 valence electrons. The van der Waals surface area contributed by atoms with Crippen molar-refractivity contribution in [3.8, 4) is 0 Å². The van der Waals surface area contributed by atoms with Crippen LogP contribution in [0.25, 0.3) is 10.9 Å². The largest absolute Gasteiger partial charge is 0.243 e. The van der Waals surface area contributed by atoms with E-state index in [0.29, 0.717) is 15.7 Å². The summed E-state index contributed by atoms with van der Waals surface area (Å²) in [6.07, 6.45) is 3.05. The lowest BCUT2D eigenvalue weighted by Gasteiger charge is -2.01. The van der Waals surface area contributed by atoms with Crippen molar-refractivity contribution >= 4 is 56.7 Å². The Morgan fingerprint density at radius 2 is 1.77 bits per heavy atom. The summed E-state index contributed by atoms with van der Waals surface area (Å²) in [6, 6.07) is 0. The van der Waals surface area contributed by atoms with E-state index >= 15 is 0 Å². The SMILES string of the molecule is Clc1ncnc2c(I)cnc(Cl)c12. The van der Waals surface area contributed by atoms with Gasteiger partial charge in [-0.25, -0.2) is 15.0 Å². The minimum atomic E-state index is 0.334. The third-order valence-corrected chi connectivity index (χ3v) is 2.89. The molecule has 0 spiro atoms. The smallest absolute Gasteiger partial charge is 0.143 e. The predicted molar refractivity (Wildman–Crippen MR) is 60.1 cm³/mol. The van der Waals surface area contributed by atoms with Gasteiger partial charge in [0.25, 0.3) is 0 Å². The van der Waals surface area contributed by atoms with Crippen molar-refractivity contribution in [1.29, 1.82) is 0 Å². The van der Waals surface area contributed by atoms with E-state index in [9.17, 15) is 0 Å². The molecule has 0 amide bonds. The van der Waals surface area contributed by atoms with Crippen LogP contribution in [0.2, 0.25) is 10.3 Å². The number of halogens is 3. The average molecular weight is 326 g/mol. The fourth-order valence-electron chi connectivity index (χ4n) is 0.967. The summed E-state index contributed by atoms with van der Waals surface area (Å²) in [6.45, 7) is 0. The van der Waals surface area contributed by atoms with E-state index in [2.05, 4.69) is 37.5 Å². The fraction of sp³-hybridized carbons (Fsp3) is 0. The molecule has 3 nitrogen and oxygen atoms in total. The summed E-state index contributed by atoms with van der Waals surface area (Å²) >= 11 is 13.8. The molecule has 0 aromatic carbocycles. The molecular weight excluding hydrogens is 324 g/mol. The van der Waals surface area contributed by atoms with Crippen LogP contribution in [0.15, 0.2) is 12.5 Å². The van der Waals surface area contributed by atoms with Gasteiger partial charge in [-0.3, -0.25) is 0 Å². The van der Waals surface area contributed by atoms with Crippen LogP contribution < -0.4 is 0 Å². The van der Waals surface area contributed by atoms with Crippen LogP contribution in [-0.2, 0) is 0 Å². The maximum atomic E-state index is 5.86. The van der Waals surface area contributed by atoms with Crippen LogP contribution in [0.5, 0.6) is 0 Å². The van der Waals surface area contributed by atoms with Gasteiger partial charge >= 0.3 is 0 Å². The molecule has 0 aliphatic carbocycles. The lowest BCUT2D eigenvalue weighted by molar-refractivity contribution is 1.20. The average Bonchev–Trinajstić information content (AvgIpc) is 2.12. The molecule has 0 aliphatic heterocycles. The number of nitrogens with zero attached hydrogens (tertiary/aromatic N) is 3. The zero-order valence-electron chi connectivity index (χ0n) is 6.13. The summed E-state index contributed by atoms with van der Waals surface area (Å²) in [4.78, 5) is 11.9. The summed E-state index contributed by atoms with van der Waals surface area (Å²) in [7, 11) is 0. The van der Waals surface area contributed by atoms with E-state index in [-0.39, 0.29) is 0 Å². The fourth-order valence-corrected chi connectivity index (χ4v) is 2.01. The van der Waals surface area contributed by atoms with Crippen LogP contribution in [0.4, 0.5) is 0 Å². The first-order valence-electron chi connectivity index (χ1n) is 3.30. The highest BCUT2D eigenvalue weighted by atomic mass is 127. The van der Waals surface area contributed by atoms with E-state index < -0.39 is 0 Å². The van der Waals surface area contributed by atoms with Crippen molar-refractivity contribution < 1.29 is 0 Å². The Labute approximate surface area is 97.6 Å². The molecule has 0 saturated heterocycles. The second-order valence-corrected chi connectivity index (χ2v) is 4.16. The molecule has 2 aromatic heterocycles. The van der Waals surface area contributed by atoms with Crippen molar-refractivity contribution in [2.75, 3.05) is 0 Å². The molecule has 13 heavy (non-hydrogen) atoms. The Bertz CT molecular complexity index is 466. The highest BCUT2D eigenvalue weighted by molar-refractivity contribution is 14.1. The number of hydrogen-bond acceptors (Lipinski definition) is 3. The van der Waals surface area contributed by atoms with Gasteiger partial charge in [-0.1, -0.05) is 23.2 Å². The summed E-state index contributed by atoms with van der Waals surface area (Å²) in [5, 5.41) is 1.28. The van der Waals surface area contributed by atoms with Gasteiger partial charge < -0.3 is 0 Å². The molecule has 0 bridgehead atoms. The number of pyridine rings is 1. The Morgan fingerprint density at radius 3 is 2.46 bits per heavy atom. The van der Waals surface area contributed by atoms with E-state index in [1.807, 2.05) is 0 Å². The van der Waals surface area contributed by atoms with Gasteiger partial charge in [0.15, 0.2) is 0 Å². The molecule has 0 atom stereocenters. The Balaban J connectivity index is 3.00. The minimum Gasteiger partial charge on any atom is -0.243 e. The zero-order chi connectivity index (χ0) is 9.42.